The summed E-state index contributed by atoms with van der Waals surface area (Å²) < 4.78 is 28.3. The van der Waals surface area contributed by atoms with Gasteiger partial charge in [-0.2, -0.15) is 4.72 Å². The molecule has 1 aromatic heterocycles. The monoisotopic (exact) mass is 449 g/mol. The van der Waals surface area contributed by atoms with Gasteiger partial charge in [-0.3, -0.25) is 20.4 Å². The summed E-state index contributed by atoms with van der Waals surface area (Å²) in [6, 6.07) is 2.73. The molecule has 1 aliphatic rings. The fraction of sp³-hybridized carbons (Fsp3) is 0.429. The van der Waals surface area contributed by atoms with Crippen molar-refractivity contribution < 1.29 is 18.0 Å². The lowest BCUT2D eigenvalue weighted by atomic mass is 10.0. The Morgan fingerprint density at radius 2 is 1.63 bits per heavy atom. The SMILES string of the molecule is Cc1cc(C)c(C)c(S(=O)(=O)N[C@@H](C)C(=O)NNC(=O)c2cc3c(s2)CCC3)c1C. The molecule has 0 saturated carbocycles. The lowest BCUT2D eigenvalue weighted by Crippen LogP contribution is -2.51. The fourth-order valence-electron chi connectivity index (χ4n) is 3.66. The van der Waals surface area contributed by atoms with Crippen LogP contribution >= 0.6 is 11.3 Å². The van der Waals surface area contributed by atoms with E-state index in [4.69, 9.17) is 0 Å². The summed E-state index contributed by atoms with van der Waals surface area (Å²) in [5.41, 5.74) is 8.91. The molecule has 2 amide bonds. The van der Waals surface area contributed by atoms with E-state index in [9.17, 15) is 18.0 Å². The maximum atomic E-state index is 13.0. The van der Waals surface area contributed by atoms with E-state index in [-0.39, 0.29) is 4.90 Å². The van der Waals surface area contributed by atoms with Crippen molar-refractivity contribution in [1.82, 2.24) is 15.6 Å². The summed E-state index contributed by atoms with van der Waals surface area (Å²) in [5, 5.41) is 0. The summed E-state index contributed by atoms with van der Waals surface area (Å²) in [5.74, 6) is -1.05. The van der Waals surface area contributed by atoms with E-state index in [1.807, 2.05) is 26.0 Å². The number of amides is 2. The van der Waals surface area contributed by atoms with Crippen molar-refractivity contribution in [2.45, 2.75) is 64.8 Å². The summed E-state index contributed by atoms with van der Waals surface area (Å²) >= 11 is 1.43. The van der Waals surface area contributed by atoms with Gasteiger partial charge in [0.25, 0.3) is 11.8 Å². The standard InChI is InChI=1S/C21H27N3O4S2/c1-11-9-12(2)14(4)19(13(11)3)30(27,28)24-15(5)20(25)22-23-21(26)18-10-16-7-6-8-17(16)29-18/h9-10,15,24H,6-8H2,1-5H3,(H,22,25)(H,23,26)/t15-/m0/s1. The molecule has 0 spiro atoms. The second kappa shape index (κ2) is 8.49. The van der Waals surface area contributed by atoms with Crippen molar-refractivity contribution >= 4 is 33.2 Å². The van der Waals surface area contributed by atoms with Crippen molar-refractivity contribution in [2.24, 2.45) is 0 Å². The lowest BCUT2D eigenvalue weighted by Gasteiger charge is -2.19. The third-order valence-corrected chi connectivity index (χ3v) is 8.61. The van der Waals surface area contributed by atoms with E-state index in [0.29, 0.717) is 16.0 Å². The number of thiophene rings is 1. The van der Waals surface area contributed by atoms with Gasteiger partial charge in [0.1, 0.15) is 0 Å². The van der Waals surface area contributed by atoms with Crippen LogP contribution < -0.4 is 15.6 Å². The third-order valence-electron chi connectivity index (χ3n) is 5.56. The zero-order chi connectivity index (χ0) is 22.2. The van der Waals surface area contributed by atoms with Crippen LogP contribution in [0.3, 0.4) is 0 Å². The molecule has 9 heteroatoms. The van der Waals surface area contributed by atoms with E-state index in [0.717, 1.165) is 30.4 Å². The Hall–Kier alpha value is -2.23. The number of hydrogen-bond donors (Lipinski definition) is 3. The van der Waals surface area contributed by atoms with Crippen LogP contribution in [0.1, 0.15) is 55.7 Å². The molecular formula is C21H27N3O4S2. The summed E-state index contributed by atoms with van der Waals surface area (Å²) in [6.45, 7) is 8.64. The minimum Gasteiger partial charge on any atom is -0.271 e. The first-order chi connectivity index (χ1) is 14.0. The third kappa shape index (κ3) is 4.43. The Bertz CT molecular complexity index is 1070. The fourth-order valence-corrected chi connectivity index (χ4v) is 6.63. The first-order valence-electron chi connectivity index (χ1n) is 9.82. The summed E-state index contributed by atoms with van der Waals surface area (Å²) in [7, 11) is -3.92. The largest absolute Gasteiger partial charge is 0.279 e. The number of fused-ring (bicyclic) bond motifs is 1. The van der Waals surface area contributed by atoms with Gasteiger partial charge in [-0.25, -0.2) is 8.42 Å². The first-order valence-corrected chi connectivity index (χ1v) is 12.1. The van der Waals surface area contributed by atoms with Gasteiger partial charge in [0.15, 0.2) is 0 Å². The van der Waals surface area contributed by atoms with Gasteiger partial charge in [0.2, 0.25) is 10.0 Å². The molecule has 0 aliphatic heterocycles. The number of sulfonamides is 1. The number of rotatable bonds is 5. The van der Waals surface area contributed by atoms with E-state index >= 15 is 0 Å². The highest BCUT2D eigenvalue weighted by Crippen LogP contribution is 2.30. The number of hydrogen-bond acceptors (Lipinski definition) is 5. The van der Waals surface area contributed by atoms with Gasteiger partial charge < -0.3 is 0 Å². The number of benzene rings is 1. The molecule has 3 N–H and O–H groups in total. The normalized spacial score (nSPS) is 14.3. The van der Waals surface area contributed by atoms with Crippen LogP contribution in [0.5, 0.6) is 0 Å². The van der Waals surface area contributed by atoms with Crippen LogP contribution in [0.25, 0.3) is 0 Å². The molecule has 2 aromatic rings. The molecule has 0 radical (unpaired) electrons. The van der Waals surface area contributed by atoms with Gasteiger partial charge in [-0.1, -0.05) is 6.07 Å². The van der Waals surface area contributed by atoms with E-state index < -0.39 is 27.9 Å². The van der Waals surface area contributed by atoms with Crippen molar-refractivity contribution in [1.29, 1.82) is 0 Å². The average molecular weight is 450 g/mol. The summed E-state index contributed by atoms with van der Waals surface area (Å²) in [6.07, 6.45) is 3.06. The minimum absolute atomic E-state index is 0.191. The smallest absolute Gasteiger partial charge is 0.271 e. The van der Waals surface area contributed by atoms with Gasteiger partial charge in [0, 0.05) is 4.88 Å². The predicted octanol–water partition coefficient (Wildman–Crippen LogP) is 2.60. The van der Waals surface area contributed by atoms with Crippen molar-refractivity contribution in [3.8, 4) is 0 Å². The molecule has 0 unspecified atom stereocenters. The van der Waals surface area contributed by atoms with Crippen molar-refractivity contribution in [3.63, 3.8) is 0 Å². The zero-order valence-corrected chi connectivity index (χ0v) is 19.4. The number of nitrogens with one attached hydrogen (secondary N) is 3. The van der Waals surface area contributed by atoms with Gasteiger partial charge >= 0.3 is 0 Å². The number of carbonyl (C=O) groups excluding carboxylic acids is 2. The van der Waals surface area contributed by atoms with E-state index in [2.05, 4.69) is 15.6 Å². The Kier molecular flexibility index (Phi) is 6.35. The second-order valence-electron chi connectivity index (χ2n) is 7.79. The first kappa shape index (κ1) is 22.5. The predicted molar refractivity (Wildman–Crippen MR) is 117 cm³/mol. The Morgan fingerprint density at radius 3 is 2.23 bits per heavy atom. The molecule has 30 heavy (non-hydrogen) atoms. The molecule has 0 fully saturated rings. The molecule has 1 aromatic carbocycles. The van der Waals surface area contributed by atoms with Crippen LogP contribution in [0, 0.1) is 27.7 Å². The van der Waals surface area contributed by atoms with Crippen molar-refractivity contribution in [3.05, 3.63) is 49.7 Å². The maximum absolute atomic E-state index is 13.0. The van der Waals surface area contributed by atoms with Gasteiger partial charge in [-0.15, -0.1) is 11.3 Å². The molecule has 1 atom stereocenters. The number of aryl methyl sites for hydroxylation is 4. The molecule has 7 nitrogen and oxygen atoms in total. The van der Waals surface area contributed by atoms with Crippen LogP contribution in [-0.4, -0.2) is 26.3 Å². The minimum atomic E-state index is -3.92. The highest BCUT2D eigenvalue weighted by Gasteiger charge is 2.27. The maximum Gasteiger partial charge on any atom is 0.279 e. The summed E-state index contributed by atoms with van der Waals surface area (Å²) in [4.78, 5) is 26.6. The zero-order valence-electron chi connectivity index (χ0n) is 17.8. The Labute approximate surface area is 181 Å². The van der Waals surface area contributed by atoms with E-state index in [1.165, 1.54) is 28.7 Å². The molecule has 0 bridgehead atoms. The second-order valence-corrected chi connectivity index (χ2v) is 10.6. The number of hydrazine groups is 1. The highest BCUT2D eigenvalue weighted by atomic mass is 32.2. The molecule has 1 heterocycles. The van der Waals surface area contributed by atoms with Crippen LogP contribution in [-0.2, 0) is 27.7 Å². The molecule has 162 valence electrons. The Morgan fingerprint density at radius 1 is 1.00 bits per heavy atom. The molecule has 1 aliphatic carbocycles. The molecule has 0 saturated heterocycles. The Balaban J connectivity index is 1.65. The average Bonchev–Trinajstić information content (AvgIpc) is 3.25. The van der Waals surface area contributed by atoms with Gasteiger partial charge in [0.05, 0.1) is 15.8 Å². The quantitative estimate of drug-likeness (QED) is 0.610. The van der Waals surface area contributed by atoms with Crippen LogP contribution in [0.15, 0.2) is 17.0 Å². The van der Waals surface area contributed by atoms with E-state index in [1.54, 1.807) is 13.8 Å². The van der Waals surface area contributed by atoms with Crippen LogP contribution in [0.4, 0.5) is 0 Å². The van der Waals surface area contributed by atoms with Crippen molar-refractivity contribution in [2.75, 3.05) is 0 Å². The molecular weight excluding hydrogens is 422 g/mol. The number of carbonyl (C=O) groups is 2. The topological polar surface area (TPSA) is 104 Å². The van der Waals surface area contributed by atoms with Gasteiger partial charge in [-0.05, 0) is 87.8 Å². The lowest BCUT2D eigenvalue weighted by molar-refractivity contribution is -0.123. The van der Waals surface area contributed by atoms with Crippen LogP contribution in [0.2, 0.25) is 0 Å². The highest BCUT2D eigenvalue weighted by molar-refractivity contribution is 7.89. The molecule has 3 rings (SSSR count).